The fourth-order valence-corrected chi connectivity index (χ4v) is 2.46. The number of halogens is 3. The number of benzene rings is 2. The molecule has 2 rings (SSSR count). The van der Waals surface area contributed by atoms with Gasteiger partial charge in [-0.3, -0.25) is 0 Å². The summed E-state index contributed by atoms with van der Waals surface area (Å²) in [6.07, 6.45) is 0.970. The first-order valence-electron chi connectivity index (χ1n) is 6.70. The van der Waals surface area contributed by atoms with Crippen LogP contribution in [0.1, 0.15) is 18.9 Å². The summed E-state index contributed by atoms with van der Waals surface area (Å²) in [4.78, 5) is 0. The van der Waals surface area contributed by atoms with Gasteiger partial charge in [0.15, 0.2) is 0 Å². The molecule has 21 heavy (non-hydrogen) atoms. The molecule has 0 aliphatic rings. The molecule has 2 aromatic carbocycles. The van der Waals surface area contributed by atoms with Crippen molar-refractivity contribution in [3.05, 3.63) is 56.5 Å². The van der Waals surface area contributed by atoms with Gasteiger partial charge in [-0.1, -0.05) is 30.1 Å². The number of ether oxygens (including phenoxy) is 1. The second kappa shape index (κ2) is 7.92. The van der Waals surface area contributed by atoms with E-state index in [1.807, 2.05) is 36.4 Å². The van der Waals surface area contributed by atoms with Crippen molar-refractivity contribution in [3.8, 4) is 5.75 Å². The van der Waals surface area contributed by atoms with Gasteiger partial charge in [-0.2, -0.15) is 0 Å². The second-order valence-electron chi connectivity index (χ2n) is 4.58. The zero-order valence-corrected chi connectivity index (χ0v) is 14.7. The number of hydrogen-bond donors (Lipinski definition) is 1. The highest BCUT2D eigenvalue weighted by atomic mass is 79.9. The van der Waals surface area contributed by atoms with Gasteiger partial charge in [0.2, 0.25) is 0 Å². The first-order chi connectivity index (χ1) is 10.1. The minimum absolute atomic E-state index is 0.623. The number of nitrogens with one attached hydrogen (secondary N) is 1. The minimum atomic E-state index is 0.623. The monoisotopic (exact) mass is 387 g/mol. The van der Waals surface area contributed by atoms with Crippen molar-refractivity contribution < 1.29 is 4.74 Å². The molecular weight excluding hydrogens is 373 g/mol. The van der Waals surface area contributed by atoms with E-state index in [4.69, 9.17) is 27.9 Å². The minimum Gasteiger partial charge on any atom is -0.493 e. The molecule has 1 N–H and O–H groups in total. The maximum atomic E-state index is 6.09. The zero-order chi connectivity index (χ0) is 15.2. The van der Waals surface area contributed by atoms with E-state index in [2.05, 4.69) is 28.2 Å². The first-order valence-corrected chi connectivity index (χ1v) is 8.25. The second-order valence-corrected chi connectivity index (χ2v) is 6.28. The molecule has 0 spiro atoms. The highest BCUT2D eigenvalue weighted by Crippen LogP contribution is 2.27. The van der Waals surface area contributed by atoms with Crippen molar-refractivity contribution in [2.45, 2.75) is 19.9 Å². The normalized spacial score (nSPS) is 10.5. The standard InChI is InChI=1S/C16H16BrCl2NO/c1-2-7-21-16-6-3-12(18)8-11(16)10-20-13-4-5-14(17)15(19)9-13/h3-6,8-9,20H,2,7,10H2,1H3. The Hall–Kier alpha value is -0.900. The van der Waals surface area contributed by atoms with E-state index in [0.29, 0.717) is 23.2 Å². The summed E-state index contributed by atoms with van der Waals surface area (Å²) in [5.41, 5.74) is 1.97. The Morgan fingerprint density at radius 1 is 1.14 bits per heavy atom. The van der Waals surface area contributed by atoms with E-state index in [1.165, 1.54) is 0 Å². The quantitative estimate of drug-likeness (QED) is 0.639. The van der Waals surface area contributed by atoms with Gasteiger partial charge < -0.3 is 10.1 Å². The maximum Gasteiger partial charge on any atom is 0.124 e. The molecule has 0 aliphatic carbocycles. The summed E-state index contributed by atoms with van der Waals surface area (Å²) >= 11 is 15.5. The SMILES string of the molecule is CCCOc1ccc(Cl)cc1CNc1ccc(Br)c(Cl)c1. The van der Waals surface area contributed by atoms with Crippen molar-refractivity contribution in [3.63, 3.8) is 0 Å². The molecule has 0 heterocycles. The van der Waals surface area contributed by atoms with Crippen molar-refractivity contribution in [2.75, 3.05) is 11.9 Å². The van der Waals surface area contributed by atoms with E-state index in [-0.39, 0.29) is 0 Å². The Bertz CT molecular complexity index is 619. The third kappa shape index (κ3) is 4.80. The van der Waals surface area contributed by atoms with E-state index >= 15 is 0 Å². The van der Waals surface area contributed by atoms with Gasteiger partial charge in [0.05, 0.1) is 11.6 Å². The summed E-state index contributed by atoms with van der Waals surface area (Å²) in [5.74, 6) is 0.858. The number of hydrogen-bond acceptors (Lipinski definition) is 2. The summed E-state index contributed by atoms with van der Waals surface area (Å²) < 4.78 is 6.62. The smallest absolute Gasteiger partial charge is 0.124 e. The molecule has 5 heteroatoms. The fraction of sp³-hybridized carbons (Fsp3) is 0.250. The van der Waals surface area contributed by atoms with Gasteiger partial charge in [-0.25, -0.2) is 0 Å². The Morgan fingerprint density at radius 3 is 2.67 bits per heavy atom. The van der Waals surface area contributed by atoms with Crippen LogP contribution in [0.3, 0.4) is 0 Å². The van der Waals surface area contributed by atoms with E-state index in [1.54, 1.807) is 0 Å². The lowest BCUT2D eigenvalue weighted by molar-refractivity contribution is 0.314. The van der Waals surface area contributed by atoms with Crippen molar-refractivity contribution in [2.24, 2.45) is 0 Å². The van der Waals surface area contributed by atoms with Crippen LogP contribution in [0.4, 0.5) is 5.69 Å². The molecule has 0 amide bonds. The molecule has 0 bridgehead atoms. The zero-order valence-electron chi connectivity index (χ0n) is 11.6. The van der Waals surface area contributed by atoms with Crippen LogP contribution in [-0.4, -0.2) is 6.61 Å². The molecule has 2 aromatic rings. The van der Waals surface area contributed by atoms with Gasteiger partial charge in [0.1, 0.15) is 5.75 Å². The average molecular weight is 389 g/mol. The van der Waals surface area contributed by atoms with Crippen LogP contribution >= 0.6 is 39.1 Å². The topological polar surface area (TPSA) is 21.3 Å². The summed E-state index contributed by atoms with van der Waals surface area (Å²) in [6.45, 7) is 3.40. The van der Waals surface area contributed by atoms with Gasteiger partial charge >= 0.3 is 0 Å². The Morgan fingerprint density at radius 2 is 1.95 bits per heavy atom. The Balaban J connectivity index is 2.10. The molecule has 0 aliphatic heterocycles. The third-order valence-electron chi connectivity index (χ3n) is 2.89. The van der Waals surface area contributed by atoms with Crippen LogP contribution in [0.25, 0.3) is 0 Å². The van der Waals surface area contributed by atoms with Crippen LogP contribution in [0.5, 0.6) is 5.75 Å². The maximum absolute atomic E-state index is 6.09. The van der Waals surface area contributed by atoms with Gasteiger partial charge in [-0.05, 0) is 58.7 Å². The first kappa shape index (κ1) is 16.5. The molecule has 0 atom stereocenters. The Labute approximate surface area is 143 Å². The van der Waals surface area contributed by atoms with E-state index in [0.717, 1.165) is 27.9 Å². The van der Waals surface area contributed by atoms with Crippen molar-refractivity contribution in [1.29, 1.82) is 0 Å². The number of rotatable bonds is 6. The summed E-state index contributed by atoms with van der Waals surface area (Å²) in [5, 5.41) is 4.70. The molecule has 112 valence electrons. The lowest BCUT2D eigenvalue weighted by atomic mass is 10.2. The molecule has 0 saturated carbocycles. The summed E-state index contributed by atoms with van der Waals surface area (Å²) in [7, 11) is 0. The van der Waals surface area contributed by atoms with E-state index in [9.17, 15) is 0 Å². The lowest BCUT2D eigenvalue weighted by Crippen LogP contribution is -2.04. The lowest BCUT2D eigenvalue weighted by Gasteiger charge is -2.13. The molecule has 0 radical (unpaired) electrons. The van der Waals surface area contributed by atoms with Crippen LogP contribution in [0, 0.1) is 0 Å². The third-order valence-corrected chi connectivity index (χ3v) is 4.35. The van der Waals surface area contributed by atoms with Crippen molar-refractivity contribution >= 4 is 44.8 Å². The molecule has 0 unspecified atom stereocenters. The molecular formula is C16H16BrCl2NO. The van der Waals surface area contributed by atoms with Crippen LogP contribution in [0.15, 0.2) is 40.9 Å². The molecule has 0 saturated heterocycles. The predicted molar refractivity (Wildman–Crippen MR) is 93.7 cm³/mol. The average Bonchev–Trinajstić information content (AvgIpc) is 2.47. The fourth-order valence-electron chi connectivity index (χ4n) is 1.84. The van der Waals surface area contributed by atoms with Crippen LogP contribution in [-0.2, 0) is 6.54 Å². The molecule has 2 nitrogen and oxygen atoms in total. The highest BCUT2D eigenvalue weighted by Gasteiger charge is 2.06. The highest BCUT2D eigenvalue weighted by molar-refractivity contribution is 9.10. The largest absolute Gasteiger partial charge is 0.493 e. The number of anilines is 1. The molecule has 0 fully saturated rings. The van der Waals surface area contributed by atoms with Crippen molar-refractivity contribution in [1.82, 2.24) is 0 Å². The molecule has 0 aromatic heterocycles. The van der Waals surface area contributed by atoms with Gasteiger partial charge in [0, 0.05) is 27.3 Å². The van der Waals surface area contributed by atoms with E-state index < -0.39 is 0 Å². The van der Waals surface area contributed by atoms with Gasteiger partial charge in [0.25, 0.3) is 0 Å². The van der Waals surface area contributed by atoms with Crippen LogP contribution in [0.2, 0.25) is 10.0 Å². The summed E-state index contributed by atoms with van der Waals surface area (Å²) in [6, 6.07) is 11.4. The van der Waals surface area contributed by atoms with Gasteiger partial charge in [-0.15, -0.1) is 0 Å². The van der Waals surface area contributed by atoms with Crippen LogP contribution < -0.4 is 10.1 Å². The predicted octanol–water partition coefficient (Wildman–Crippen LogP) is 6.16. The Kier molecular flexibility index (Phi) is 6.22.